The van der Waals surface area contributed by atoms with Gasteiger partial charge in [-0.15, -0.1) is 0 Å². The fourth-order valence-electron chi connectivity index (χ4n) is 2.94. The minimum Gasteiger partial charge on any atom is -0.373 e. The van der Waals surface area contributed by atoms with Crippen molar-refractivity contribution in [2.24, 2.45) is 0 Å². The van der Waals surface area contributed by atoms with Gasteiger partial charge in [0.25, 0.3) is 5.69 Å². The minimum atomic E-state index is -3.77. The van der Waals surface area contributed by atoms with Gasteiger partial charge in [-0.2, -0.15) is 0 Å². The van der Waals surface area contributed by atoms with Crippen molar-refractivity contribution in [2.75, 3.05) is 11.6 Å². The Kier molecular flexibility index (Phi) is 5.41. The van der Waals surface area contributed by atoms with Crippen molar-refractivity contribution < 1.29 is 13.3 Å². The Morgan fingerprint density at radius 3 is 2.46 bits per heavy atom. The van der Waals surface area contributed by atoms with Crippen LogP contribution in [0.15, 0.2) is 71.8 Å². The normalized spacial score (nSPS) is 12.4. The molecule has 0 spiro atoms. The average molecular weight is 397 g/mol. The predicted molar refractivity (Wildman–Crippen MR) is 107 cm³/mol. The molecule has 1 heterocycles. The monoisotopic (exact) mass is 397 g/mol. The largest absolute Gasteiger partial charge is 0.373 e. The van der Waals surface area contributed by atoms with E-state index in [4.69, 9.17) is 0 Å². The van der Waals surface area contributed by atoms with E-state index in [0.717, 1.165) is 23.1 Å². The van der Waals surface area contributed by atoms with Crippen LogP contribution < -0.4 is 5.32 Å². The molecular formula is C20H19N3O4S. The van der Waals surface area contributed by atoms with E-state index in [9.17, 15) is 18.5 Å². The van der Waals surface area contributed by atoms with E-state index < -0.39 is 20.4 Å². The number of nitro groups is 1. The number of hydrogen-bond acceptors (Lipinski definition) is 6. The molecule has 0 bridgehead atoms. The highest BCUT2D eigenvalue weighted by atomic mass is 32.2. The van der Waals surface area contributed by atoms with Crippen molar-refractivity contribution in [2.45, 2.75) is 17.9 Å². The van der Waals surface area contributed by atoms with Gasteiger partial charge in [0.05, 0.1) is 16.7 Å². The zero-order valence-electron chi connectivity index (χ0n) is 15.4. The van der Waals surface area contributed by atoms with E-state index in [0.29, 0.717) is 5.69 Å². The van der Waals surface area contributed by atoms with Crippen LogP contribution in [0.3, 0.4) is 0 Å². The molecule has 144 valence electrons. The third-order valence-corrected chi connectivity index (χ3v) is 5.35. The van der Waals surface area contributed by atoms with Gasteiger partial charge < -0.3 is 5.32 Å². The lowest BCUT2D eigenvalue weighted by Crippen LogP contribution is -2.14. The average Bonchev–Trinajstić information content (AvgIpc) is 2.66. The van der Waals surface area contributed by atoms with E-state index >= 15 is 0 Å². The first-order valence-corrected chi connectivity index (χ1v) is 10.4. The molecule has 1 atom stereocenters. The lowest BCUT2D eigenvalue weighted by atomic mass is 10.0. The zero-order chi connectivity index (χ0) is 20.3. The third kappa shape index (κ3) is 4.34. The maximum atomic E-state index is 12.0. The molecule has 3 rings (SSSR count). The van der Waals surface area contributed by atoms with Gasteiger partial charge in [0.15, 0.2) is 9.84 Å². The molecule has 7 nitrogen and oxygen atoms in total. The number of aromatic nitrogens is 1. The Hall–Kier alpha value is -3.26. The van der Waals surface area contributed by atoms with Gasteiger partial charge in [0.2, 0.25) is 0 Å². The Labute approximate surface area is 163 Å². The highest BCUT2D eigenvalue weighted by Gasteiger charge is 2.24. The van der Waals surface area contributed by atoms with Gasteiger partial charge in [-0.1, -0.05) is 35.9 Å². The maximum Gasteiger partial charge on any atom is 0.288 e. The molecule has 0 aliphatic carbocycles. The lowest BCUT2D eigenvalue weighted by Gasteiger charge is -2.21. The Balaban J connectivity index is 2.08. The van der Waals surface area contributed by atoms with Gasteiger partial charge in [-0.05, 0) is 36.8 Å². The van der Waals surface area contributed by atoms with Crippen molar-refractivity contribution in [3.05, 3.63) is 93.8 Å². The van der Waals surface area contributed by atoms with Crippen LogP contribution in [0.1, 0.15) is 22.9 Å². The summed E-state index contributed by atoms with van der Waals surface area (Å²) in [6.07, 6.45) is 2.63. The van der Waals surface area contributed by atoms with Crippen LogP contribution in [0.2, 0.25) is 0 Å². The molecule has 3 aromatic rings. The number of sulfone groups is 1. The first-order chi connectivity index (χ1) is 13.3. The lowest BCUT2D eigenvalue weighted by molar-refractivity contribution is -0.387. The standard InChI is InChI=1S/C20H19N3O4S/c1-14-6-5-7-15(12-14)20(17-8-3-4-11-21-17)22-16-9-10-18(23(24)25)19(13-16)28(2,26)27/h3-13,20,22H,1-2H3. The Morgan fingerprint density at radius 1 is 1.07 bits per heavy atom. The third-order valence-electron chi connectivity index (χ3n) is 4.23. The number of pyridine rings is 1. The maximum absolute atomic E-state index is 12.0. The van der Waals surface area contributed by atoms with Crippen LogP contribution in [-0.4, -0.2) is 24.6 Å². The van der Waals surface area contributed by atoms with Crippen LogP contribution in [-0.2, 0) is 9.84 Å². The summed E-state index contributed by atoms with van der Waals surface area (Å²) in [4.78, 5) is 14.6. The molecule has 1 N–H and O–H groups in total. The van der Waals surface area contributed by atoms with Crippen LogP contribution in [0.5, 0.6) is 0 Å². The fourth-order valence-corrected chi connectivity index (χ4v) is 3.81. The first kappa shape index (κ1) is 19.5. The number of nitro benzene ring substituents is 1. The van der Waals surface area contributed by atoms with E-state index in [1.54, 1.807) is 6.20 Å². The number of anilines is 1. The zero-order valence-corrected chi connectivity index (χ0v) is 16.2. The van der Waals surface area contributed by atoms with Crippen LogP contribution in [0.25, 0.3) is 0 Å². The number of aryl methyl sites for hydroxylation is 1. The Morgan fingerprint density at radius 2 is 1.86 bits per heavy atom. The van der Waals surface area contributed by atoms with Crippen molar-refractivity contribution in [1.29, 1.82) is 0 Å². The second-order valence-corrected chi connectivity index (χ2v) is 8.44. The van der Waals surface area contributed by atoms with E-state index in [1.165, 1.54) is 18.2 Å². The number of rotatable bonds is 6. The van der Waals surface area contributed by atoms with E-state index in [-0.39, 0.29) is 10.9 Å². The molecule has 0 amide bonds. The molecule has 28 heavy (non-hydrogen) atoms. The molecule has 0 saturated carbocycles. The molecule has 2 aromatic carbocycles. The highest BCUT2D eigenvalue weighted by molar-refractivity contribution is 7.90. The molecule has 0 aliphatic heterocycles. The van der Waals surface area contributed by atoms with Crippen molar-refractivity contribution >= 4 is 21.2 Å². The number of nitrogens with zero attached hydrogens (tertiary/aromatic N) is 2. The van der Waals surface area contributed by atoms with Gasteiger partial charge >= 0.3 is 0 Å². The van der Waals surface area contributed by atoms with Crippen molar-refractivity contribution in [3.8, 4) is 0 Å². The summed E-state index contributed by atoms with van der Waals surface area (Å²) in [5.41, 5.74) is 2.76. The fraction of sp³-hybridized carbons (Fsp3) is 0.150. The van der Waals surface area contributed by atoms with Crippen molar-refractivity contribution in [3.63, 3.8) is 0 Å². The smallest absolute Gasteiger partial charge is 0.288 e. The molecule has 0 fully saturated rings. The molecular weight excluding hydrogens is 378 g/mol. The quantitative estimate of drug-likeness (QED) is 0.500. The molecule has 0 aliphatic rings. The van der Waals surface area contributed by atoms with E-state index in [1.807, 2.05) is 49.4 Å². The van der Waals surface area contributed by atoms with Crippen LogP contribution >= 0.6 is 0 Å². The van der Waals surface area contributed by atoms with Gasteiger partial charge in [0, 0.05) is 24.2 Å². The second kappa shape index (κ2) is 7.77. The molecule has 0 saturated heterocycles. The second-order valence-electron chi connectivity index (χ2n) is 6.46. The van der Waals surface area contributed by atoms with Gasteiger partial charge in [-0.25, -0.2) is 8.42 Å². The number of benzene rings is 2. The molecule has 1 unspecified atom stereocenters. The van der Waals surface area contributed by atoms with Gasteiger partial charge in [0.1, 0.15) is 4.90 Å². The number of hydrogen-bond donors (Lipinski definition) is 1. The summed E-state index contributed by atoms with van der Waals surface area (Å²) in [6.45, 7) is 1.98. The summed E-state index contributed by atoms with van der Waals surface area (Å²) >= 11 is 0. The highest BCUT2D eigenvalue weighted by Crippen LogP contribution is 2.31. The Bertz CT molecular complexity index is 1120. The summed E-state index contributed by atoms with van der Waals surface area (Å²) in [5.74, 6) is 0. The minimum absolute atomic E-state index is 0.327. The molecule has 8 heteroatoms. The molecule has 0 radical (unpaired) electrons. The predicted octanol–water partition coefficient (Wildman–Crippen LogP) is 3.90. The van der Waals surface area contributed by atoms with Crippen molar-refractivity contribution in [1.82, 2.24) is 4.98 Å². The molecule has 1 aromatic heterocycles. The van der Waals surface area contributed by atoms with Crippen LogP contribution in [0.4, 0.5) is 11.4 Å². The first-order valence-electron chi connectivity index (χ1n) is 8.48. The summed E-state index contributed by atoms with van der Waals surface area (Å²) in [5, 5.41) is 14.5. The SMILES string of the molecule is Cc1cccc(C(Nc2ccc([N+](=O)[O-])c(S(C)(=O)=O)c2)c2ccccn2)c1. The van der Waals surface area contributed by atoms with E-state index in [2.05, 4.69) is 10.3 Å². The summed E-state index contributed by atoms with van der Waals surface area (Å²) < 4.78 is 24.1. The van der Waals surface area contributed by atoms with Gasteiger partial charge in [-0.3, -0.25) is 15.1 Å². The summed E-state index contributed by atoms with van der Waals surface area (Å²) in [6, 6.07) is 17.0. The van der Waals surface area contributed by atoms with Crippen LogP contribution in [0, 0.1) is 17.0 Å². The topological polar surface area (TPSA) is 102 Å². The number of nitrogens with one attached hydrogen (secondary N) is 1. The summed E-state index contributed by atoms with van der Waals surface area (Å²) in [7, 11) is -3.77.